The van der Waals surface area contributed by atoms with E-state index in [1.54, 1.807) is 38.2 Å². The Kier molecular flexibility index (Phi) is 5.79. The van der Waals surface area contributed by atoms with Gasteiger partial charge in [-0.15, -0.1) is 0 Å². The molecule has 8 nitrogen and oxygen atoms in total. The summed E-state index contributed by atoms with van der Waals surface area (Å²) < 4.78 is 24.9. The zero-order valence-electron chi connectivity index (χ0n) is 21.6. The van der Waals surface area contributed by atoms with E-state index in [0.717, 1.165) is 29.5 Å². The van der Waals surface area contributed by atoms with Crippen LogP contribution in [0.4, 0.5) is 4.39 Å². The first-order chi connectivity index (χ1) is 18.8. The number of carbonyl (C=O) groups excluding carboxylic acids is 2. The molecule has 9 heteroatoms. The Hall–Kier alpha value is -4.79. The number of hydrogen-bond donors (Lipinski definition) is 2. The molecule has 6 rings (SSSR count). The molecule has 0 spiro atoms. The molecule has 39 heavy (non-hydrogen) atoms. The topological polar surface area (TPSA) is 110 Å². The molecule has 5 aromatic rings. The van der Waals surface area contributed by atoms with Crippen LogP contribution in [-0.4, -0.2) is 29.0 Å². The molecule has 196 valence electrons. The van der Waals surface area contributed by atoms with Crippen LogP contribution in [0.3, 0.4) is 0 Å². The van der Waals surface area contributed by atoms with Crippen molar-refractivity contribution in [2.75, 3.05) is 7.05 Å². The predicted molar refractivity (Wildman–Crippen MR) is 143 cm³/mol. The summed E-state index contributed by atoms with van der Waals surface area (Å²) in [5.74, 6) is 0.371. The van der Waals surface area contributed by atoms with E-state index < -0.39 is 5.54 Å². The molecule has 3 aromatic carbocycles. The number of halogens is 1. The summed E-state index contributed by atoms with van der Waals surface area (Å²) in [6, 6.07) is 16.9. The van der Waals surface area contributed by atoms with Crippen LogP contribution < -0.4 is 10.6 Å². The molecule has 0 atom stereocenters. The summed E-state index contributed by atoms with van der Waals surface area (Å²) in [6.07, 6.45) is 1.46. The van der Waals surface area contributed by atoms with Gasteiger partial charge in [-0.3, -0.25) is 9.59 Å². The van der Waals surface area contributed by atoms with Crippen molar-refractivity contribution in [2.45, 2.75) is 32.2 Å². The van der Waals surface area contributed by atoms with Gasteiger partial charge in [-0.2, -0.15) is 4.98 Å². The summed E-state index contributed by atoms with van der Waals surface area (Å²) in [5.41, 5.74) is 3.96. The molecular weight excluding hydrogens is 499 g/mol. The van der Waals surface area contributed by atoms with Crippen molar-refractivity contribution in [3.63, 3.8) is 0 Å². The number of fused-ring (bicyclic) bond motifs is 1. The maximum Gasteiger partial charge on any atom is 0.255 e. The Balaban J connectivity index is 1.38. The molecule has 0 bridgehead atoms. The second-order valence-electron chi connectivity index (χ2n) is 9.82. The van der Waals surface area contributed by atoms with Gasteiger partial charge in [0.05, 0.1) is 5.56 Å². The summed E-state index contributed by atoms with van der Waals surface area (Å²) >= 11 is 0. The smallest absolute Gasteiger partial charge is 0.255 e. The van der Waals surface area contributed by atoms with Crippen LogP contribution >= 0.6 is 0 Å². The van der Waals surface area contributed by atoms with Crippen LogP contribution in [0, 0.1) is 19.7 Å². The average Bonchev–Trinajstić information content (AvgIpc) is 3.40. The predicted octanol–water partition coefficient (Wildman–Crippen LogP) is 5.68. The SMILES string of the molecule is CNC(=O)c1c(-c2ccc(F)cc2)oc2ccc(-c3cc(C(=O)NC4(c5nc(C)no5)CC4)ccc3C)cc12. The van der Waals surface area contributed by atoms with E-state index in [4.69, 9.17) is 8.94 Å². The quantitative estimate of drug-likeness (QED) is 0.296. The summed E-state index contributed by atoms with van der Waals surface area (Å²) in [7, 11) is 1.55. The third-order valence-electron chi connectivity index (χ3n) is 7.10. The lowest BCUT2D eigenvalue weighted by molar-refractivity contribution is 0.0919. The number of rotatable bonds is 6. The molecule has 1 fully saturated rings. The Morgan fingerprint density at radius 3 is 2.36 bits per heavy atom. The van der Waals surface area contributed by atoms with Crippen molar-refractivity contribution in [1.29, 1.82) is 0 Å². The van der Waals surface area contributed by atoms with E-state index in [-0.39, 0.29) is 17.6 Å². The number of nitrogens with zero attached hydrogens (tertiary/aromatic N) is 2. The van der Waals surface area contributed by atoms with E-state index in [1.807, 2.05) is 31.2 Å². The molecule has 2 heterocycles. The number of hydrogen-bond acceptors (Lipinski definition) is 6. The number of aryl methyl sites for hydroxylation is 2. The second kappa shape index (κ2) is 9.20. The van der Waals surface area contributed by atoms with Crippen LogP contribution in [0.25, 0.3) is 33.4 Å². The molecule has 1 aliphatic rings. The lowest BCUT2D eigenvalue weighted by Crippen LogP contribution is -2.35. The number of benzene rings is 3. The number of amides is 2. The van der Waals surface area contributed by atoms with E-state index in [1.165, 1.54) is 12.1 Å². The lowest BCUT2D eigenvalue weighted by Gasteiger charge is -2.14. The minimum absolute atomic E-state index is 0.237. The molecule has 2 aromatic heterocycles. The average molecular weight is 525 g/mol. The molecular formula is C30H25FN4O4. The molecule has 0 radical (unpaired) electrons. The third kappa shape index (κ3) is 4.35. The van der Waals surface area contributed by atoms with Crippen molar-refractivity contribution in [2.24, 2.45) is 0 Å². The van der Waals surface area contributed by atoms with Crippen LogP contribution in [0.2, 0.25) is 0 Å². The number of nitrogens with one attached hydrogen (secondary N) is 2. The van der Waals surface area contributed by atoms with Gasteiger partial charge in [0.2, 0.25) is 0 Å². The van der Waals surface area contributed by atoms with Crippen molar-refractivity contribution in [3.8, 4) is 22.5 Å². The molecule has 0 aliphatic heterocycles. The number of carbonyl (C=O) groups is 2. The zero-order valence-corrected chi connectivity index (χ0v) is 21.6. The first-order valence-electron chi connectivity index (χ1n) is 12.6. The fourth-order valence-electron chi connectivity index (χ4n) is 4.79. The van der Waals surface area contributed by atoms with Crippen LogP contribution in [-0.2, 0) is 5.54 Å². The zero-order chi connectivity index (χ0) is 27.3. The van der Waals surface area contributed by atoms with Gasteiger partial charge in [0, 0.05) is 23.6 Å². The summed E-state index contributed by atoms with van der Waals surface area (Å²) in [4.78, 5) is 30.5. The van der Waals surface area contributed by atoms with E-state index in [9.17, 15) is 14.0 Å². The van der Waals surface area contributed by atoms with Crippen LogP contribution in [0.1, 0.15) is 50.8 Å². The molecule has 0 unspecified atom stereocenters. The van der Waals surface area contributed by atoms with E-state index in [0.29, 0.717) is 45.1 Å². The van der Waals surface area contributed by atoms with E-state index in [2.05, 4.69) is 20.8 Å². The van der Waals surface area contributed by atoms with E-state index >= 15 is 0 Å². The first kappa shape index (κ1) is 24.5. The molecule has 2 amide bonds. The van der Waals surface area contributed by atoms with Crippen molar-refractivity contribution in [1.82, 2.24) is 20.8 Å². The van der Waals surface area contributed by atoms with Crippen molar-refractivity contribution in [3.05, 3.63) is 94.9 Å². The lowest BCUT2D eigenvalue weighted by atomic mass is 9.95. The number of aromatic nitrogens is 2. The van der Waals surface area contributed by atoms with Gasteiger partial charge in [0.15, 0.2) is 5.82 Å². The highest BCUT2D eigenvalue weighted by Gasteiger charge is 2.50. The largest absolute Gasteiger partial charge is 0.455 e. The Morgan fingerprint density at radius 1 is 0.949 bits per heavy atom. The fourth-order valence-corrected chi connectivity index (χ4v) is 4.79. The van der Waals surface area contributed by atoms with Crippen molar-refractivity contribution >= 4 is 22.8 Å². The minimum atomic E-state index is -0.627. The molecule has 2 N–H and O–H groups in total. The molecule has 0 saturated heterocycles. The van der Waals surface area contributed by atoms with Gasteiger partial charge >= 0.3 is 0 Å². The fraction of sp³-hybridized carbons (Fsp3) is 0.200. The van der Waals surface area contributed by atoms with Gasteiger partial charge < -0.3 is 19.6 Å². The Labute approximate surface area is 223 Å². The van der Waals surface area contributed by atoms with Gasteiger partial charge in [0.25, 0.3) is 17.7 Å². The van der Waals surface area contributed by atoms with Gasteiger partial charge in [-0.1, -0.05) is 17.3 Å². The monoisotopic (exact) mass is 524 g/mol. The molecule has 1 saturated carbocycles. The summed E-state index contributed by atoms with van der Waals surface area (Å²) in [6.45, 7) is 3.70. The number of furan rings is 1. The normalized spacial score (nSPS) is 13.8. The van der Waals surface area contributed by atoms with Gasteiger partial charge in [-0.05, 0) is 91.9 Å². The first-order valence-corrected chi connectivity index (χ1v) is 12.6. The van der Waals surface area contributed by atoms with Gasteiger partial charge in [-0.25, -0.2) is 4.39 Å². The highest BCUT2D eigenvalue weighted by molar-refractivity contribution is 6.12. The maximum absolute atomic E-state index is 13.5. The Morgan fingerprint density at radius 2 is 1.69 bits per heavy atom. The highest BCUT2D eigenvalue weighted by Crippen LogP contribution is 2.45. The van der Waals surface area contributed by atoms with Crippen LogP contribution in [0.5, 0.6) is 0 Å². The van der Waals surface area contributed by atoms with Crippen molar-refractivity contribution < 1.29 is 22.9 Å². The Bertz CT molecular complexity index is 1750. The van der Waals surface area contributed by atoms with Crippen LogP contribution in [0.15, 0.2) is 69.6 Å². The maximum atomic E-state index is 13.5. The minimum Gasteiger partial charge on any atom is -0.455 e. The summed E-state index contributed by atoms with van der Waals surface area (Å²) in [5, 5.41) is 10.2. The molecule has 1 aliphatic carbocycles. The highest BCUT2D eigenvalue weighted by atomic mass is 19.1. The second-order valence-corrected chi connectivity index (χ2v) is 9.82. The third-order valence-corrected chi connectivity index (χ3v) is 7.10. The standard InChI is InChI=1S/C30H25FN4O4/c1-16-4-5-20(27(36)34-30(12-13-30)29-33-17(2)35-39-29)15-22(16)19-8-11-24-23(14-19)25(28(37)32-3)26(38-24)18-6-9-21(31)10-7-18/h4-11,14-15H,12-13H2,1-3H3,(H,32,37)(H,34,36). The van der Waals surface area contributed by atoms with Gasteiger partial charge in [0.1, 0.15) is 22.7 Å².